The van der Waals surface area contributed by atoms with Crippen LogP contribution in [0, 0.1) is 5.82 Å². The van der Waals surface area contributed by atoms with Gasteiger partial charge in [-0.15, -0.1) is 10.2 Å². The Bertz CT molecular complexity index is 1090. The van der Waals surface area contributed by atoms with Crippen molar-refractivity contribution in [1.29, 1.82) is 0 Å². The summed E-state index contributed by atoms with van der Waals surface area (Å²) in [5.41, 5.74) is 1.73. The first-order valence-corrected chi connectivity index (χ1v) is 8.57. The first-order chi connectivity index (χ1) is 12.8. The van der Waals surface area contributed by atoms with E-state index in [1.807, 2.05) is 42.5 Å². The molecule has 0 saturated carbocycles. The number of nitrogens with zero attached hydrogens (tertiary/aromatic N) is 5. The number of halogens is 1. The average molecular weight is 345 g/mol. The van der Waals surface area contributed by atoms with Crippen LogP contribution < -0.4 is 4.90 Å². The van der Waals surface area contributed by atoms with Crippen molar-refractivity contribution in [2.45, 2.75) is 13.1 Å². The Morgan fingerprint density at radius 2 is 1.73 bits per heavy atom. The summed E-state index contributed by atoms with van der Waals surface area (Å²) in [6, 6.07) is 18.7. The molecule has 0 spiro atoms. The van der Waals surface area contributed by atoms with E-state index in [-0.39, 0.29) is 5.82 Å². The van der Waals surface area contributed by atoms with Gasteiger partial charge in [-0.25, -0.2) is 9.37 Å². The largest absolute Gasteiger partial charge is 0.347 e. The third kappa shape index (κ3) is 2.50. The second-order valence-electron chi connectivity index (χ2n) is 6.39. The van der Waals surface area contributed by atoms with Gasteiger partial charge in [-0.3, -0.25) is 0 Å². The van der Waals surface area contributed by atoms with Crippen molar-refractivity contribution in [3.63, 3.8) is 0 Å². The molecule has 0 N–H and O–H groups in total. The Labute approximate surface area is 149 Å². The number of hydrogen-bond donors (Lipinski definition) is 0. The Balaban J connectivity index is 1.47. The summed E-state index contributed by atoms with van der Waals surface area (Å²) in [7, 11) is 0. The van der Waals surface area contributed by atoms with E-state index in [0.29, 0.717) is 12.1 Å². The number of fused-ring (bicyclic) bond motifs is 2. The van der Waals surface area contributed by atoms with E-state index in [1.165, 1.54) is 12.1 Å². The highest BCUT2D eigenvalue weighted by atomic mass is 19.1. The summed E-state index contributed by atoms with van der Waals surface area (Å²) in [6.07, 6.45) is 0. The molecule has 0 unspecified atom stereocenters. The van der Waals surface area contributed by atoms with Crippen LogP contribution in [0.3, 0.4) is 0 Å². The van der Waals surface area contributed by atoms with Gasteiger partial charge in [0.25, 0.3) is 0 Å². The molecule has 0 fully saturated rings. The van der Waals surface area contributed by atoms with Crippen molar-refractivity contribution in [2.75, 3.05) is 11.4 Å². The predicted octanol–water partition coefficient (Wildman–Crippen LogP) is 3.65. The fourth-order valence-electron chi connectivity index (χ4n) is 3.41. The number of rotatable bonds is 2. The third-order valence-electron chi connectivity index (χ3n) is 4.75. The maximum absolute atomic E-state index is 13.5. The first-order valence-electron chi connectivity index (χ1n) is 8.57. The van der Waals surface area contributed by atoms with Crippen LogP contribution in [0.25, 0.3) is 22.3 Å². The first kappa shape index (κ1) is 15.0. The molecule has 6 heteroatoms. The number of hydrogen-bond acceptors (Lipinski definition) is 4. The molecular formula is C20H16FN5. The Hall–Kier alpha value is -3.28. The van der Waals surface area contributed by atoms with Gasteiger partial charge < -0.3 is 9.47 Å². The zero-order valence-electron chi connectivity index (χ0n) is 14.0. The van der Waals surface area contributed by atoms with E-state index < -0.39 is 0 Å². The van der Waals surface area contributed by atoms with Crippen molar-refractivity contribution in [3.05, 3.63) is 72.3 Å². The number of pyridine rings is 1. The second kappa shape index (κ2) is 5.91. The van der Waals surface area contributed by atoms with E-state index in [0.717, 1.165) is 41.5 Å². The molecule has 2 aromatic carbocycles. The standard InChI is InChI=1S/C20H16FN5/c21-16-8-6-14-7-9-18(22-17(14)12-16)25-10-11-26-19(13-25)23-24-20(26)15-4-2-1-3-5-15/h1-9,12H,10-11,13H2. The molecule has 2 aromatic heterocycles. The number of anilines is 1. The maximum atomic E-state index is 13.5. The van der Waals surface area contributed by atoms with Gasteiger partial charge in [-0.2, -0.15) is 0 Å². The van der Waals surface area contributed by atoms with Crippen molar-refractivity contribution in [3.8, 4) is 11.4 Å². The Kier molecular flexibility index (Phi) is 3.41. The minimum Gasteiger partial charge on any atom is -0.347 e. The molecule has 128 valence electrons. The molecule has 1 aliphatic heterocycles. The summed E-state index contributed by atoms with van der Waals surface area (Å²) < 4.78 is 15.7. The van der Waals surface area contributed by atoms with Crippen molar-refractivity contribution < 1.29 is 4.39 Å². The fourth-order valence-corrected chi connectivity index (χ4v) is 3.41. The zero-order chi connectivity index (χ0) is 17.5. The fraction of sp³-hybridized carbons (Fsp3) is 0.150. The Morgan fingerprint density at radius 1 is 0.885 bits per heavy atom. The van der Waals surface area contributed by atoms with Crippen molar-refractivity contribution >= 4 is 16.7 Å². The average Bonchev–Trinajstić information content (AvgIpc) is 3.11. The number of benzene rings is 2. The van der Waals surface area contributed by atoms with E-state index in [9.17, 15) is 4.39 Å². The SMILES string of the molecule is Fc1ccc2ccc(N3CCn4c(nnc4-c4ccccc4)C3)nc2c1. The highest BCUT2D eigenvalue weighted by Crippen LogP contribution is 2.25. The molecule has 0 bridgehead atoms. The monoisotopic (exact) mass is 345 g/mol. The van der Waals surface area contributed by atoms with Crippen molar-refractivity contribution in [2.24, 2.45) is 0 Å². The van der Waals surface area contributed by atoms with Gasteiger partial charge >= 0.3 is 0 Å². The quantitative estimate of drug-likeness (QED) is 0.556. The summed E-state index contributed by atoms with van der Waals surface area (Å²) >= 11 is 0. The topological polar surface area (TPSA) is 46.8 Å². The van der Waals surface area contributed by atoms with Gasteiger partial charge in [0.05, 0.1) is 12.1 Å². The van der Waals surface area contributed by atoms with Crippen LogP contribution >= 0.6 is 0 Å². The molecule has 1 aliphatic rings. The number of aromatic nitrogens is 4. The lowest BCUT2D eigenvalue weighted by Crippen LogP contribution is -2.34. The van der Waals surface area contributed by atoms with Crippen LogP contribution in [-0.4, -0.2) is 26.3 Å². The van der Waals surface area contributed by atoms with Crippen LogP contribution in [-0.2, 0) is 13.1 Å². The maximum Gasteiger partial charge on any atom is 0.164 e. The molecule has 0 aliphatic carbocycles. The molecule has 0 saturated heterocycles. The highest BCUT2D eigenvalue weighted by molar-refractivity contribution is 5.80. The van der Waals surface area contributed by atoms with Crippen molar-refractivity contribution in [1.82, 2.24) is 19.7 Å². The highest BCUT2D eigenvalue weighted by Gasteiger charge is 2.22. The van der Waals surface area contributed by atoms with E-state index in [2.05, 4.69) is 24.6 Å². The summed E-state index contributed by atoms with van der Waals surface area (Å²) in [5.74, 6) is 2.37. The van der Waals surface area contributed by atoms with E-state index >= 15 is 0 Å². The molecule has 26 heavy (non-hydrogen) atoms. The predicted molar refractivity (Wildman–Crippen MR) is 98.2 cm³/mol. The summed E-state index contributed by atoms with van der Waals surface area (Å²) in [6.45, 7) is 2.22. The lowest BCUT2D eigenvalue weighted by molar-refractivity contribution is 0.560. The van der Waals surface area contributed by atoms with Gasteiger partial charge in [0.1, 0.15) is 11.6 Å². The Morgan fingerprint density at radius 3 is 2.62 bits per heavy atom. The molecular weight excluding hydrogens is 329 g/mol. The van der Waals surface area contributed by atoms with Gasteiger partial charge in [0.2, 0.25) is 0 Å². The minimum absolute atomic E-state index is 0.270. The second-order valence-corrected chi connectivity index (χ2v) is 6.39. The summed E-state index contributed by atoms with van der Waals surface area (Å²) in [4.78, 5) is 6.78. The molecule has 0 radical (unpaired) electrons. The van der Waals surface area contributed by atoms with Gasteiger partial charge in [0, 0.05) is 30.1 Å². The van der Waals surface area contributed by atoms with Gasteiger partial charge in [0.15, 0.2) is 11.6 Å². The molecule has 4 aromatic rings. The smallest absolute Gasteiger partial charge is 0.164 e. The van der Waals surface area contributed by atoms with Gasteiger partial charge in [-0.1, -0.05) is 30.3 Å². The molecule has 5 nitrogen and oxygen atoms in total. The molecule has 0 atom stereocenters. The van der Waals surface area contributed by atoms with Crippen LogP contribution in [0.15, 0.2) is 60.7 Å². The summed E-state index contributed by atoms with van der Waals surface area (Å²) in [5, 5.41) is 9.67. The van der Waals surface area contributed by atoms with Crippen LogP contribution in [0.4, 0.5) is 10.2 Å². The third-order valence-corrected chi connectivity index (χ3v) is 4.75. The lowest BCUT2D eigenvalue weighted by Gasteiger charge is -2.29. The van der Waals surface area contributed by atoms with Gasteiger partial charge in [-0.05, 0) is 24.3 Å². The molecule has 3 heterocycles. The molecule has 5 rings (SSSR count). The van der Waals surface area contributed by atoms with E-state index in [1.54, 1.807) is 6.07 Å². The van der Waals surface area contributed by atoms with Crippen LogP contribution in [0.1, 0.15) is 5.82 Å². The molecule has 0 amide bonds. The zero-order valence-corrected chi connectivity index (χ0v) is 14.0. The minimum atomic E-state index is -0.270. The van der Waals surface area contributed by atoms with Crippen LogP contribution in [0.5, 0.6) is 0 Å². The lowest BCUT2D eigenvalue weighted by atomic mass is 10.2. The van der Waals surface area contributed by atoms with E-state index in [4.69, 9.17) is 0 Å². The normalized spacial score (nSPS) is 13.8. The van der Waals surface area contributed by atoms with Crippen LogP contribution in [0.2, 0.25) is 0 Å².